The van der Waals surface area contributed by atoms with E-state index in [2.05, 4.69) is 19.2 Å². The maximum atomic E-state index is 11.0. The van der Waals surface area contributed by atoms with Crippen LogP contribution in [0.15, 0.2) is 12.1 Å². The molecule has 19 heavy (non-hydrogen) atoms. The number of anilines is 1. The van der Waals surface area contributed by atoms with Crippen molar-refractivity contribution in [2.45, 2.75) is 33.2 Å². The van der Waals surface area contributed by atoms with Gasteiger partial charge in [0.2, 0.25) is 0 Å². The minimum atomic E-state index is -1.17. The average molecular weight is 264 g/mol. The molecule has 0 amide bonds. The van der Waals surface area contributed by atoms with Crippen LogP contribution in [0, 0.1) is 22.5 Å². The molecule has 2 rings (SSSR count). The second-order valence-electron chi connectivity index (χ2n) is 5.62. The first-order chi connectivity index (χ1) is 8.72. The molecule has 2 N–H and O–H groups in total. The second kappa shape index (κ2) is 4.22. The molecule has 0 saturated heterocycles. The molecule has 6 heteroatoms. The highest BCUT2D eigenvalue weighted by Gasteiger charge is 2.46. The SMILES string of the molecule is Cc1c(NC2CC2(C)C)cc(C(=O)O)cc1[N+](=O)[O-]. The largest absolute Gasteiger partial charge is 0.478 e. The quantitative estimate of drug-likeness (QED) is 0.644. The normalized spacial score (nSPS) is 19.8. The van der Waals surface area contributed by atoms with Crippen LogP contribution in [-0.2, 0) is 0 Å². The van der Waals surface area contributed by atoms with Gasteiger partial charge in [-0.1, -0.05) is 13.8 Å². The van der Waals surface area contributed by atoms with Crippen molar-refractivity contribution >= 4 is 17.3 Å². The summed E-state index contributed by atoms with van der Waals surface area (Å²) < 4.78 is 0. The number of carboxylic acids is 1. The number of hydrogen-bond acceptors (Lipinski definition) is 4. The van der Waals surface area contributed by atoms with Gasteiger partial charge in [0.25, 0.3) is 5.69 Å². The molecule has 1 aliphatic rings. The molecule has 0 radical (unpaired) electrons. The van der Waals surface area contributed by atoms with Crippen LogP contribution in [0.5, 0.6) is 0 Å². The highest BCUT2D eigenvalue weighted by molar-refractivity contribution is 5.90. The van der Waals surface area contributed by atoms with Crippen LogP contribution in [0.3, 0.4) is 0 Å². The van der Waals surface area contributed by atoms with E-state index in [9.17, 15) is 14.9 Å². The van der Waals surface area contributed by atoms with Gasteiger partial charge >= 0.3 is 5.97 Å². The molecular formula is C13H16N2O4. The Bertz CT molecular complexity index is 566. The topological polar surface area (TPSA) is 92.5 Å². The number of nitro groups is 1. The number of rotatable bonds is 4. The van der Waals surface area contributed by atoms with Crippen molar-refractivity contribution in [2.24, 2.45) is 5.41 Å². The molecule has 1 atom stereocenters. The molecule has 0 bridgehead atoms. The summed E-state index contributed by atoms with van der Waals surface area (Å²) in [5.74, 6) is -1.17. The van der Waals surface area contributed by atoms with Crippen LogP contribution >= 0.6 is 0 Å². The third kappa shape index (κ3) is 2.52. The highest BCUT2D eigenvalue weighted by atomic mass is 16.6. The smallest absolute Gasteiger partial charge is 0.336 e. The monoisotopic (exact) mass is 264 g/mol. The first kappa shape index (κ1) is 13.3. The van der Waals surface area contributed by atoms with E-state index in [-0.39, 0.29) is 22.7 Å². The Kier molecular flexibility index (Phi) is 2.96. The van der Waals surface area contributed by atoms with Crippen molar-refractivity contribution in [1.29, 1.82) is 0 Å². The van der Waals surface area contributed by atoms with Crippen LogP contribution in [0.4, 0.5) is 11.4 Å². The van der Waals surface area contributed by atoms with Crippen molar-refractivity contribution in [2.75, 3.05) is 5.32 Å². The summed E-state index contributed by atoms with van der Waals surface area (Å²) in [7, 11) is 0. The third-order valence-corrected chi connectivity index (χ3v) is 3.67. The zero-order chi connectivity index (χ0) is 14.4. The molecule has 0 aliphatic heterocycles. The Morgan fingerprint density at radius 3 is 2.53 bits per heavy atom. The lowest BCUT2D eigenvalue weighted by Gasteiger charge is -2.12. The van der Waals surface area contributed by atoms with Gasteiger partial charge in [-0.2, -0.15) is 0 Å². The maximum absolute atomic E-state index is 11.0. The molecular weight excluding hydrogens is 248 g/mol. The Labute approximate surface area is 110 Å². The van der Waals surface area contributed by atoms with E-state index in [1.807, 2.05) is 0 Å². The number of hydrogen-bond donors (Lipinski definition) is 2. The number of nitrogens with one attached hydrogen (secondary N) is 1. The molecule has 102 valence electrons. The summed E-state index contributed by atoms with van der Waals surface area (Å²) in [5.41, 5.74) is 0.916. The first-order valence-corrected chi connectivity index (χ1v) is 6.01. The summed E-state index contributed by atoms with van der Waals surface area (Å²) in [6.07, 6.45) is 0.970. The highest BCUT2D eigenvalue weighted by Crippen LogP contribution is 2.47. The molecule has 6 nitrogen and oxygen atoms in total. The van der Waals surface area contributed by atoms with E-state index in [4.69, 9.17) is 5.11 Å². The maximum Gasteiger partial charge on any atom is 0.336 e. The standard InChI is InChI=1S/C13H16N2O4/c1-7-9(14-11-6-13(11,2)3)4-8(12(16)17)5-10(7)15(18)19/h4-5,11,14H,6H2,1-3H3,(H,16,17). The number of benzene rings is 1. The fourth-order valence-corrected chi connectivity index (χ4v) is 2.06. The zero-order valence-electron chi connectivity index (χ0n) is 11.1. The Morgan fingerprint density at radius 1 is 1.53 bits per heavy atom. The van der Waals surface area contributed by atoms with Crippen LogP contribution in [0.25, 0.3) is 0 Å². The molecule has 1 saturated carbocycles. The predicted octanol–water partition coefficient (Wildman–Crippen LogP) is 2.81. The van der Waals surface area contributed by atoms with Crippen molar-refractivity contribution in [3.05, 3.63) is 33.4 Å². The number of aromatic carboxylic acids is 1. The molecule has 0 aromatic heterocycles. The summed E-state index contributed by atoms with van der Waals surface area (Å²) in [6, 6.07) is 2.79. The van der Waals surface area contributed by atoms with Gasteiger partial charge in [0, 0.05) is 23.4 Å². The molecule has 0 spiro atoms. The lowest BCUT2D eigenvalue weighted by Crippen LogP contribution is -2.11. The number of carboxylic acid groups (broad SMARTS) is 1. The Balaban J connectivity index is 2.41. The van der Waals surface area contributed by atoms with Crippen molar-refractivity contribution in [3.8, 4) is 0 Å². The molecule has 0 heterocycles. The van der Waals surface area contributed by atoms with Gasteiger partial charge in [0.1, 0.15) is 0 Å². The molecule has 1 unspecified atom stereocenters. The molecule has 1 aliphatic carbocycles. The Morgan fingerprint density at radius 2 is 2.11 bits per heavy atom. The van der Waals surface area contributed by atoms with Gasteiger partial charge in [-0.05, 0) is 24.8 Å². The van der Waals surface area contributed by atoms with Crippen LogP contribution in [-0.4, -0.2) is 22.0 Å². The summed E-state index contributed by atoms with van der Waals surface area (Å²) in [5, 5.41) is 23.2. The van der Waals surface area contributed by atoms with Crippen LogP contribution in [0.2, 0.25) is 0 Å². The van der Waals surface area contributed by atoms with Crippen molar-refractivity contribution in [3.63, 3.8) is 0 Å². The van der Waals surface area contributed by atoms with Gasteiger partial charge in [0.05, 0.1) is 10.5 Å². The first-order valence-electron chi connectivity index (χ1n) is 6.01. The molecule has 1 aromatic rings. The number of nitrogens with zero attached hydrogens (tertiary/aromatic N) is 1. The van der Waals surface area contributed by atoms with Crippen molar-refractivity contribution in [1.82, 2.24) is 0 Å². The summed E-state index contributed by atoms with van der Waals surface area (Å²) in [4.78, 5) is 21.4. The van der Waals surface area contributed by atoms with Gasteiger partial charge in [-0.3, -0.25) is 10.1 Å². The average Bonchev–Trinajstić information content (AvgIpc) is 2.88. The molecule has 1 aromatic carbocycles. The van der Waals surface area contributed by atoms with Gasteiger partial charge in [0.15, 0.2) is 0 Å². The Hall–Kier alpha value is -2.11. The van der Waals surface area contributed by atoms with E-state index in [0.717, 1.165) is 12.5 Å². The fourth-order valence-electron chi connectivity index (χ4n) is 2.06. The van der Waals surface area contributed by atoms with E-state index >= 15 is 0 Å². The van der Waals surface area contributed by atoms with E-state index in [1.165, 1.54) is 6.07 Å². The van der Waals surface area contributed by atoms with E-state index in [0.29, 0.717) is 11.3 Å². The predicted molar refractivity (Wildman–Crippen MR) is 70.6 cm³/mol. The summed E-state index contributed by atoms with van der Waals surface area (Å²) in [6.45, 7) is 5.81. The zero-order valence-corrected chi connectivity index (χ0v) is 11.1. The molecule has 1 fully saturated rings. The van der Waals surface area contributed by atoms with Crippen molar-refractivity contribution < 1.29 is 14.8 Å². The third-order valence-electron chi connectivity index (χ3n) is 3.67. The van der Waals surface area contributed by atoms with Gasteiger partial charge in [-0.15, -0.1) is 0 Å². The van der Waals surface area contributed by atoms with Crippen LogP contribution in [0.1, 0.15) is 36.2 Å². The van der Waals surface area contributed by atoms with Gasteiger partial charge in [-0.25, -0.2) is 4.79 Å². The van der Waals surface area contributed by atoms with E-state index < -0.39 is 10.9 Å². The number of carbonyl (C=O) groups is 1. The van der Waals surface area contributed by atoms with Crippen LogP contribution < -0.4 is 5.32 Å². The minimum Gasteiger partial charge on any atom is -0.478 e. The minimum absolute atomic E-state index is 0.0711. The second-order valence-corrected chi connectivity index (χ2v) is 5.62. The van der Waals surface area contributed by atoms with Gasteiger partial charge < -0.3 is 10.4 Å². The summed E-state index contributed by atoms with van der Waals surface area (Å²) >= 11 is 0. The number of nitro benzene ring substituents is 1. The fraction of sp³-hybridized carbons (Fsp3) is 0.462. The lowest BCUT2D eigenvalue weighted by molar-refractivity contribution is -0.385. The van der Waals surface area contributed by atoms with E-state index in [1.54, 1.807) is 6.92 Å². The lowest BCUT2D eigenvalue weighted by atomic mass is 10.1.